The number of hydrogen-bond donors (Lipinski definition) is 1. The number of aromatic nitrogens is 2. The smallest absolute Gasteiger partial charge is 0.378 e. The molecule has 1 aromatic heterocycles. The quantitative estimate of drug-likeness (QED) is 0.375. The Morgan fingerprint density at radius 1 is 0.919 bits per heavy atom. The number of hydrogen-bond acceptors (Lipinski definition) is 5. The third-order valence-electron chi connectivity index (χ3n) is 5.64. The maximum Gasteiger partial charge on any atom is 0.416 e. The Morgan fingerprint density at radius 2 is 1.51 bits per heavy atom. The number of halogens is 6. The van der Waals surface area contributed by atoms with E-state index in [1.807, 2.05) is 12.1 Å². The van der Waals surface area contributed by atoms with Gasteiger partial charge in [-0.3, -0.25) is 4.79 Å². The van der Waals surface area contributed by atoms with Gasteiger partial charge in [0.2, 0.25) is 5.91 Å². The molecule has 0 atom stereocenters. The summed E-state index contributed by atoms with van der Waals surface area (Å²) in [6, 6.07) is 9.45. The van der Waals surface area contributed by atoms with Crippen molar-refractivity contribution in [2.45, 2.75) is 12.4 Å². The van der Waals surface area contributed by atoms with Gasteiger partial charge < -0.3 is 15.4 Å². The van der Waals surface area contributed by atoms with E-state index in [2.05, 4.69) is 14.9 Å². The third kappa shape index (κ3) is 6.26. The molecule has 1 amide bonds. The number of morpholine rings is 1. The van der Waals surface area contributed by atoms with Crippen LogP contribution in [0.2, 0.25) is 0 Å². The molecule has 0 bridgehead atoms. The molecule has 1 saturated heterocycles. The first kappa shape index (κ1) is 26.1. The number of carbonyl (C=O) groups is 1. The summed E-state index contributed by atoms with van der Waals surface area (Å²) in [7, 11) is 0. The first-order chi connectivity index (χ1) is 17.4. The van der Waals surface area contributed by atoms with Gasteiger partial charge in [0.25, 0.3) is 0 Å². The number of alkyl halides is 6. The van der Waals surface area contributed by atoms with Gasteiger partial charge in [-0.25, -0.2) is 9.97 Å². The molecule has 0 saturated carbocycles. The fourth-order valence-electron chi connectivity index (χ4n) is 3.79. The lowest BCUT2D eigenvalue weighted by molar-refractivity contribution is -0.143. The summed E-state index contributed by atoms with van der Waals surface area (Å²) in [4.78, 5) is 22.2. The van der Waals surface area contributed by atoms with Gasteiger partial charge >= 0.3 is 12.4 Å². The summed E-state index contributed by atoms with van der Waals surface area (Å²) in [5.74, 6) is -1.17. The normalized spacial score (nSPS) is 15.1. The predicted molar refractivity (Wildman–Crippen MR) is 124 cm³/mol. The minimum atomic E-state index is -5.01. The van der Waals surface area contributed by atoms with Crippen molar-refractivity contribution in [3.8, 4) is 11.4 Å². The van der Waals surface area contributed by atoms with E-state index in [1.54, 1.807) is 12.1 Å². The number of nitrogens with two attached hydrogens (primary N) is 1. The van der Waals surface area contributed by atoms with Crippen LogP contribution in [0.25, 0.3) is 23.0 Å². The molecule has 0 unspecified atom stereocenters. The van der Waals surface area contributed by atoms with E-state index in [0.29, 0.717) is 44.0 Å². The highest BCUT2D eigenvalue weighted by molar-refractivity contribution is 6.23. The van der Waals surface area contributed by atoms with Crippen molar-refractivity contribution in [2.24, 2.45) is 5.73 Å². The van der Waals surface area contributed by atoms with Crippen LogP contribution in [-0.4, -0.2) is 42.2 Å². The lowest BCUT2D eigenvalue weighted by atomic mass is 10.0. The summed E-state index contributed by atoms with van der Waals surface area (Å²) in [5, 5.41) is 0. The highest BCUT2D eigenvalue weighted by Gasteiger charge is 2.37. The monoisotopic (exact) mass is 522 g/mol. The molecular formula is C25H20F6N4O2. The first-order valence-corrected chi connectivity index (χ1v) is 11.0. The lowest BCUT2D eigenvalue weighted by Crippen LogP contribution is -2.36. The van der Waals surface area contributed by atoms with Crippen LogP contribution >= 0.6 is 0 Å². The second kappa shape index (κ2) is 10.2. The molecule has 194 valence electrons. The van der Waals surface area contributed by atoms with Gasteiger partial charge in [0.15, 0.2) is 5.82 Å². The van der Waals surface area contributed by atoms with Crippen LogP contribution in [0, 0.1) is 0 Å². The zero-order valence-electron chi connectivity index (χ0n) is 19.1. The second-order valence-corrected chi connectivity index (χ2v) is 8.17. The summed E-state index contributed by atoms with van der Waals surface area (Å²) in [6.45, 7) is 2.63. The molecular weight excluding hydrogens is 502 g/mol. The molecule has 2 aromatic carbocycles. The highest BCUT2D eigenvalue weighted by Crippen LogP contribution is 2.38. The van der Waals surface area contributed by atoms with Crippen LogP contribution in [0.5, 0.6) is 0 Å². The van der Waals surface area contributed by atoms with Crippen molar-refractivity contribution < 1.29 is 35.9 Å². The van der Waals surface area contributed by atoms with E-state index in [4.69, 9.17) is 10.5 Å². The van der Waals surface area contributed by atoms with E-state index in [1.165, 1.54) is 18.3 Å². The van der Waals surface area contributed by atoms with Crippen molar-refractivity contribution in [3.63, 3.8) is 0 Å². The summed E-state index contributed by atoms with van der Waals surface area (Å²) >= 11 is 0. The van der Waals surface area contributed by atoms with Gasteiger partial charge in [0, 0.05) is 36.1 Å². The van der Waals surface area contributed by atoms with Crippen LogP contribution in [0.15, 0.2) is 54.7 Å². The summed E-state index contributed by atoms with van der Waals surface area (Å²) in [5.41, 5.74) is 3.61. The lowest BCUT2D eigenvalue weighted by Gasteiger charge is -2.28. The van der Waals surface area contributed by atoms with Crippen molar-refractivity contribution in [2.75, 3.05) is 31.2 Å². The van der Waals surface area contributed by atoms with Crippen LogP contribution in [0.3, 0.4) is 0 Å². The molecule has 0 spiro atoms. The molecule has 0 aliphatic carbocycles. The topological polar surface area (TPSA) is 81.3 Å². The Kier molecular flexibility index (Phi) is 7.21. The SMILES string of the molecule is NC(=O)/C(=C/c1ccnc(-c2cc(C(F)(F)F)cc(C(F)(F)F)c2)n1)c1ccc(N2CCOCC2)cc1. The molecule has 12 heteroatoms. The van der Waals surface area contributed by atoms with E-state index in [0.717, 1.165) is 5.69 Å². The molecule has 4 rings (SSSR count). The van der Waals surface area contributed by atoms with Gasteiger partial charge in [-0.1, -0.05) is 12.1 Å². The van der Waals surface area contributed by atoms with Crippen molar-refractivity contribution in [1.82, 2.24) is 9.97 Å². The Balaban J connectivity index is 1.70. The van der Waals surface area contributed by atoms with E-state index in [-0.39, 0.29) is 23.2 Å². The minimum Gasteiger partial charge on any atom is -0.378 e. The Labute approximate surface area is 207 Å². The minimum absolute atomic E-state index is 0.0268. The van der Waals surface area contributed by atoms with Crippen LogP contribution in [0.4, 0.5) is 32.0 Å². The molecule has 3 aromatic rings. The number of rotatable bonds is 5. The summed E-state index contributed by atoms with van der Waals surface area (Å²) in [6.07, 6.45) is -7.56. The van der Waals surface area contributed by atoms with Gasteiger partial charge in [0.1, 0.15) is 0 Å². The Morgan fingerprint density at radius 3 is 2.05 bits per heavy atom. The molecule has 1 aliphatic rings. The van der Waals surface area contributed by atoms with Gasteiger partial charge in [-0.2, -0.15) is 26.3 Å². The van der Waals surface area contributed by atoms with Crippen molar-refractivity contribution >= 4 is 23.2 Å². The van der Waals surface area contributed by atoms with Crippen LogP contribution < -0.4 is 10.6 Å². The number of primary amides is 1. The highest BCUT2D eigenvalue weighted by atomic mass is 19.4. The molecule has 6 nitrogen and oxygen atoms in total. The fourth-order valence-corrected chi connectivity index (χ4v) is 3.79. The molecule has 37 heavy (non-hydrogen) atoms. The van der Waals surface area contributed by atoms with Crippen LogP contribution in [0.1, 0.15) is 22.4 Å². The number of carbonyl (C=O) groups excluding carboxylic acids is 1. The zero-order valence-corrected chi connectivity index (χ0v) is 19.1. The van der Waals surface area contributed by atoms with E-state index >= 15 is 0 Å². The number of benzene rings is 2. The molecule has 2 heterocycles. The largest absolute Gasteiger partial charge is 0.416 e. The fraction of sp³-hybridized carbons (Fsp3) is 0.240. The molecule has 1 fully saturated rings. The van der Waals surface area contributed by atoms with Crippen LogP contribution in [-0.2, 0) is 21.9 Å². The Bertz CT molecular complexity index is 1280. The van der Waals surface area contributed by atoms with E-state index < -0.39 is 35.0 Å². The van der Waals surface area contributed by atoms with Crippen molar-refractivity contribution in [3.05, 3.63) is 77.1 Å². The second-order valence-electron chi connectivity index (χ2n) is 8.17. The maximum absolute atomic E-state index is 13.2. The molecule has 2 N–H and O–H groups in total. The zero-order chi connectivity index (χ0) is 26.8. The predicted octanol–water partition coefficient (Wildman–Crippen LogP) is 5.04. The molecule has 0 radical (unpaired) electrons. The summed E-state index contributed by atoms with van der Waals surface area (Å²) < 4.78 is 84.8. The maximum atomic E-state index is 13.2. The Hall–Kier alpha value is -3.93. The number of nitrogens with zero attached hydrogens (tertiary/aromatic N) is 3. The van der Waals surface area contributed by atoms with Gasteiger partial charge in [-0.05, 0) is 48.0 Å². The average molecular weight is 522 g/mol. The van der Waals surface area contributed by atoms with Gasteiger partial charge in [-0.15, -0.1) is 0 Å². The van der Waals surface area contributed by atoms with Gasteiger partial charge in [0.05, 0.1) is 30.0 Å². The first-order valence-electron chi connectivity index (χ1n) is 11.0. The average Bonchev–Trinajstić information content (AvgIpc) is 2.87. The van der Waals surface area contributed by atoms with E-state index in [9.17, 15) is 31.1 Å². The van der Waals surface area contributed by atoms with Crippen molar-refractivity contribution in [1.29, 1.82) is 0 Å². The number of amides is 1. The number of ether oxygens (including phenoxy) is 1. The third-order valence-corrected chi connectivity index (χ3v) is 5.64. The molecule has 1 aliphatic heterocycles. The number of anilines is 1. The standard InChI is InChI=1S/C25H20F6N4O2/c26-24(27,28)17-11-16(12-18(13-17)25(29,30)31)23-33-6-5-19(34-23)14-21(22(32)36)15-1-3-20(4-2-15)35-7-9-37-10-8-35/h1-6,11-14H,7-10H2,(H2,32,36)/b21-14+.